The summed E-state index contributed by atoms with van der Waals surface area (Å²) < 4.78 is 44.9. The van der Waals surface area contributed by atoms with E-state index in [1.807, 2.05) is 12.1 Å². The van der Waals surface area contributed by atoms with E-state index in [0.717, 1.165) is 23.0 Å². The maximum Gasteiger partial charge on any atom is 0.418 e. The van der Waals surface area contributed by atoms with Gasteiger partial charge < -0.3 is 4.74 Å². The molecule has 0 saturated heterocycles. The van der Waals surface area contributed by atoms with Gasteiger partial charge in [0.25, 0.3) is 5.91 Å². The lowest BCUT2D eigenvalue weighted by molar-refractivity contribution is -0.136. The summed E-state index contributed by atoms with van der Waals surface area (Å²) in [6.07, 6.45) is -4.50. The molecule has 3 rings (SSSR count). The van der Waals surface area contributed by atoms with Crippen LogP contribution in [-0.2, 0) is 11.0 Å². The van der Waals surface area contributed by atoms with Gasteiger partial charge in [0.05, 0.1) is 15.8 Å². The molecule has 8 heteroatoms. The molecule has 0 aliphatic rings. The first kappa shape index (κ1) is 19.2. The second-order valence-electron chi connectivity index (χ2n) is 6.23. The summed E-state index contributed by atoms with van der Waals surface area (Å²) in [5, 5.41) is 2.59. The average Bonchev–Trinajstić information content (AvgIpc) is 3.01. The average molecular weight is 394 g/mol. The molecular weight excluding hydrogens is 377 g/mol. The zero-order valence-electron chi connectivity index (χ0n) is 14.6. The topological polar surface area (TPSA) is 51.2 Å². The lowest BCUT2D eigenvalue weighted by Gasteiger charge is -2.08. The summed E-state index contributed by atoms with van der Waals surface area (Å²) in [4.78, 5) is 15.9. The van der Waals surface area contributed by atoms with Gasteiger partial charge >= 0.3 is 6.18 Å². The van der Waals surface area contributed by atoms with Crippen LogP contribution in [0.3, 0.4) is 0 Å². The summed E-state index contributed by atoms with van der Waals surface area (Å²) in [6.45, 7) is 3.89. The second-order valence-corrected chi connectivity index (χ2v) is 7.26. The molecule has 27 heavy (non-hydrogen) atoms. The van der Waals surface area contributed by atoms with Crippen LogP contribution in [0.25, 0.3) is 10.2 Å². The van der Waals surface area contributed by atoms with Crippen LogP contribution in [-0.4, -0.2) is 17.5 Å². The Morgan fingerprint density at radius 3 is 2.52 bits per heavy atom. The van der Waals surface area contributed by atoms with E-state index in [1.165, 1.54) is 12.1 Å². The number of amides is 1. The van der Waals surface area contributed by atoms with Gasteiger partial charge in [-0.25, -0.2) is 4.98 Å². The van der Waals surface area contributed by atoms with Gasteiger partial charge in [0.1, 0.15) is 5.75 Å². The van der Waals surface area contributed by atoms with Crippen molar-refractivity contribution >= 4 is 32.6 Å². The van der Waals surface area contributed by atoms with E-state index in [1.54, 1.807) is 12.1 Å². The number of carbonyl (C=O) groups is 1. The number of hydrogen-bond acceptors (Lipinski definition) is 4. The van der Waals surface area contributed by atoms with Gasteiger partial charge in [0, 0.05) is 0 Å². The van der Waals surface area contributed by atoms with Crippen molar-refractivity contribution in [3.8, 4) is 5.75 Å². The predicted molar refractivity (Wildman–Crippen MR) is 99.3 cm³/mol. The number of halogens is 3. The van der Waals surface area contributed by atoms with Crippen LogP contribution in [0.4, 0.5) is 18.3 Å². The summed E-state index contributed by atoms with van der Waals surface area (Å²) in [7, 11) is 0. The number of nitrogens with zero attached hydrogens (tertiary/aromatic N) is 1. The second kappa shape index (κ2) is 7.56. The van der Waals surface area contributed by atoms with Gasteiger partial charge in [0.2, 0.25) is 0 Å². The highest BCUT2D eigenvalue weighted by atomic mass is 32.1. The van der Waals surface area contributed by atoms with E-state index in [9.17, 15) is 18.0 Å². The first-order valence-electron chi connectivity index (χ1n) is 8.23. The lowest BCUT2D eigenvalue weighted by atomic mass is 10.0. The van der Waals surface area contributed by atoms with Crippen LogP contribution < -0.4 is 10.1 Å². The smallest absolute Gasteiger partial charge is 0.418 e. The summed E-state index contributed by atoms with van der Waals surface area (Å²) in [5.41, 5.74) is 0.162. The normalized spacial score (nSPS) is 11.8. The van der Waals surface area contributed by atoms with E-state index in [-0.39, 0.29) is 17.3 Å². The summed E-state index contributed by atoms with van der Waals surface area (Å²) in [6, 6.07) is 11.2. The van der Waals surface area contributed by atoms with Crippen LogP contribution >= 0.6 is 11.3 Å². The third-order valence-electron chi connectivity index (χ3n) is 3.89. The van der Waals surface area contributed by atoms with Crippen molar-refractivity contribution in [3.63, 3.8) is 0 Å². The predicted octanol–water partition coefficient (Wildman–Crippen LogP) is 5.46. The number of ether oxygens (including phenoxy) is 1. The highest BCUT2D eigenvalue weighted by Crippen LogP contribution is 2.37. The number of aromatic nitrogens is 1. The van der Waals surface area contributed by atoms with Crippen molar-refractivity contribution < 1.29 is 22.7 Å². The Kier molecular flexibility index (Phi) is 5.36. The molecule has 142 valence electrons. The highest BCUT2D eigenvalue weighted by molar-refractivity contribution is 7.22. The van der Waals surface area contributed by atoms with Gasteiger partial charge in [-0.05, 0) is 35.7 Å². The minimum absolute atomic E-state index is 0.102. The number of hydrogen-bond donors (Lipinski definition) is 1. The van der Waals surface area contributed by atoms with Gasteiger partial charge in [0.15, 0.2) is 11.7 Å². The van der Waals surface area contributed by atoms with Crippen molar-refractivity contribution in [1.82, 2.24) is 4.98 Å². The Balaban J connectivity index is 1.66. The van der Waals surface area contributed by atoms with Crippen molar-refractivity contribution in [2.75, 3.05) is 11.9 Å². The summed E-state index contributed by atoms with van der Waals surface area (Å²) in [5.74, 6) is 0.441. The van der Waals surface area contributed by atoms with Gasteiger partial charge in [-0.3, -0.25) is 10.1 Å². The van der Waals surface area contributed by atoms with Crippen LogP contribution in [0.15, 0.2) is 42.5 Å². The Hall–Kier alpha value is -2.61. The maximum atomic E-state index is 13.0. The number of benzene rings is 2. The highest BCUT2D eigenvalue weighted by Gasteiger charge is 2.33. The molecule has 0 fully saturated rings. The molecule has 0 radical (unpaired) electrons. The Bertz CT molecular complexity index is 950. The molecule has 0 saturated carbocycles. The van der Waals surface area contributed by atoms with Crippen LogP contribution in [0.2, 0.25) is 0 Å². The number of thiazole rings is 1. The fourth-order valence-corrected chi connectivity index (χ4v) is 3.39. The molecule has 1 aromatic heterocycles. The van der Waals surface area contributed by atoms with Crippen molar-refractivity contribution in [3.05, 3.63) is 53.6 Å². The Morgan fingerprint density at radius 2 is 1.89 bits per heavy atom. The van der Waals surface area contributed by atoms with E-state index >= 15 is 0 Å². The zero-order valence-corrected chi connectivity index (χ0v) is 15.4. The van der Waals surface area contributed by atoms with Crippen molar-refractivity contribution in [1.29, 1.82) is 0 Å². The first-order valence-corrected chi connectivity index (χ1v) is 9.05. The minimum Gasteiger partial charge on any atom is -0.484 e. The fraction of sp³-hybridized carbons (Fsp3) is 0.263. The van der Waals surface area contributed by atoms with Crippen LogP contribution in [0, 0.1) is 0 Å². The van der Waals surface area contributed by atoms with Gasteiger partial charge in [-0.2, -0.15) is 13.2 Å². The van der Waals surface area contributed by atoms with E-state index in [0.29, 0.717) is 16.4 Å². The zero-order chi connectivity index (χ0) is 19.6. The number of carbonyl (C=O) groups excluding carboxylic acids is 1. The van der Waals surface area contributed by atoms with E-state index in [2.05, 4.69) is 24.1 Å². The number of alkyl halides is 3. The monoisotopic (exact) mass is 394 g/mol. The standard InChI is InChI=1S/C19H17F3N2O2S/c1-11(2)12-6-8-13(9-7-12)26-10-16(25)23-18-24-17-14(19(20,21)22)4-3-5-15(17)27-18/h3-9,11H,10H2,1-2H3,(H,23,24,25). The molecule has 2 aromatic carbocycles. The number of rotatable bonds is 5. The quantitative estimate of drug-likeness (QED) is 0.626. The van der Waals surface area contributed by atoms with Crippen molar-refractivity contribution in [2.24, 2.45) is 0 Å². The molecule has 0 aliphatic carbocycles. The maximum absolute atomic E-state index is 13.0. The van der Waals surface area contributed by atoms with Crippen LogP contribution in [0.1, 0.15) is 30.9 Å². The molecule has 4 nitrogen and oxygen atoms in total. The largest absolute Gasteiger partial charge is 0.484 e. The number of para-hydroxylation sites is 1. The molecule has 0 spiro atoms. The van der Waals surface area contributed by atoms with E-state index < -0.39 is 17.6 Å². The number of nitrogens with one attached hydrogen (secondary N) is 1. The Labute approximate surface area is 158 Å². The molecule has 3 aromatic rings. The molecule has 1 heterocycles. The lowest BCUT2D eigenvalue weighted by Crippen LogP contribution is -2.20. The number of fused-ring (bicyclic) bond motifs is 1. The van der Waals surface area contributed by atoms with Crippen molar-refractivity contribution in [2.45, 2.75) is 25.9 Å². The minimum atomic E-state index is -4.50. The van der Waals surface area contributed by atoms with E-state index in [4.69, 9.17) is 4.74 Å². The molecule has 0 unspecified atom stereocenters. The third kappa shape index (κ3) is 4.57. The Morgan fingerprint density at radius 1 is 1.19 bits per heavy atom. The molecular formula is C19H17F3N2O2S. The number of anilines is 1. The van der Waals surface area contributed by atoms with Crippen LogP contribution in [0.5, 0.6) is 5.75 Å². The third-order valence-corrected chi connectivity index (χ3v) is 4.82. The molecule has 0 bridgehead atoms. The van der Waals surface area contributed by atoms with Gasteiger partial charge in [-0.15, -0.1) is 0 Å². The SMILES string of the molecule is CC(C)c1ccc(OCC(=O)Nc2nc3c(C(F)(F)F)cccc3s2)cc1. The first-order chi connectivity index (χ1) is 12.7. The summed E-state index contributed by atoms with van der Waals surface area (Å²) >= 11 is 0.984. The molecule has 1 amide bonds. The fourth-order valence-electron chi connectivity index (χ4n) is 2.48. The molecule has 0 atom stereocenters. The van der Waals surface area contributed by atoms with Gasteiger partial charge in [-0.1, -0.05) is 43.4 Å². The molecule has 0 aliphatic heterocycles. The molecule has 1 N–H and O–H groups in total.